The Morgan fingerprint density at radius 2 is 2.15 bits per heavy atom. The van der Waals surface area contributed by atoms with E-state index < -0.39 is 10.0 Å². The highest BCUT2D eigenvalue weighted by atomic mass is 32.2. The van der Waals surface area contributed by atoms with E-state index in [0.717, 1.165) is 0 Å². The molecule has 0 aliphatic carbocycles. The molecule has 1 N–H and O–H groups in total. The first-order chi connectivity index (χ1) is 9.60. The Kier molecular flexibility index (Phi) is 3.45. The summed E-state index contributed by atoms with van der Waals surface area (Å²) in [5, 5.41) is 3.89. The van der Waals surface area contributed by atoms with E-state index in [2.05, 4.69) is 10.3 Å². The number of fused-ring (bicyclic) bond motifs is 1. The lowest BCUT2D eigenvalue weighted by Gasteiger charge is -2.33. The van der Waals surface area contributed by atoms with Gasteiger partial charge in [0.1, 0.15) is 0 Å². The number of nitrogens with one attached hydrogen (secondary N) is 1. The number of hydrogen-bond donors (Lipinski definition) is 1. The number of piperazine rings is 1. The van der Waals surface area contributed by atoms with Crippen molar-refractivity contribution in [1.82, 2.24) is 14.6 Å². The van der Waals surface area contributed by atoms with E-state index in [4.69, 9.17) is 0 Å². The smallest absolute Gasteiger partial charge is 0.244 e. The molecule has 5 nitrogen and oxygen atoms in total. The molecule has 1 aromatic carbocycles. The number of aromatic nitrogens is 1. The summed E-state index contributed by atoms with van der Waals surface area (Å²) in [6, 6.07) is 8.77. The van der Waals surface area contributed by atoms with Crippen molar-refractivity contribution >= 4 is 20.9 Å². The van der Waals surface area contributed by atoms with Gasteiger partial charge in [0.25, 0.3) is 0 Å². The molecule has 2 heterocycles. The first kappa shape index (κ1) is 13.5. The molecule has 0 amide bonds. The first-order valence-electron chi connectivity index (χ1n) is 6.67. The third kappa shape index (κ3) is 2.19. The van der Waals surface area contributed by atoms with E-state index in [1.165, 1.54) is 0 Å². The van der Waals surface area contributed by atoms with Gasteiger partial charge in [-0.3, -0.25) is 4.98 Å². The van der Waals surface area contributed by atoms with Crippen LogP contribution in [0.3, 0.4) is 0 Å². The molecule has 0 radical (unpaired) electrons. The Hall–Kier alpha value is -1.50. The molecule has 6 heteroatoms. The molecule has 20 heavy (non-hydrogen) atoms. The molecule has 0 saturated carbocycles. The van der Waals surface area contributed by atoms with Crippen molar-refractivity contribution in [3.05, 3.63) is 36.5 Å². The Morgan fingerprint density at radius 1 is 1.30 bits per heavy atom. The van der Waals surface area contributed by atoms with Crippen molar-refractivity contribution in [3.8, 4) is 0 Å². The minimum Gasteiger partial charge on any atom is -0.314 e. The Balaban J connectivity index is 2.14. The van der Waals surface area contributed by atoms with Gasteiger partial charge >= 0.3 is 0 Å². The van der Waals surface area contributed by atoms with Crippen molar-refractivity contribution in [2.24, 2.45) is 0 Å². The fraction of sp³-hybridized carbons (Fsp3) is 0.357. The quantitative estimate of drug-likeness (QED) is 0.903. The summed E-state index contributed by atoms with van der Waals surface area (Å²) in [6.07, 6.45) is 1.67. The van der Waals surface area contributed by atoms with E-state index >= 15 is 0 Å². The van der Waals surface area contributed by atoms with Crippen LogP contribution in [0.15, 0.2) is 41.4 Å². The lowest BCUT2D eigenvalue weighted by atomic mass is 10.2. The molecular weight excluding hydrogens is 274 g/mol. The van der Waals surface area contributed by atoms with Crippen molar-refractivity contribution in [2.75, 3.05) is 19.6 Å². The van der Waals surface area contributed by atoms with Crippen LogP contribution in [0.4, 0.5) is 0 Å². The summed E-state index contributed by atoms with van der Waals surface area (Å²) in [5.74, 6) is 0. The molecule has 1 aromatic heterocycles. The SMILES string of the molecule is C[C@@H]1CNCCN1S(=O)(=O)c1cccc2ncccc12. The first-order valence-corrected chi connectivity index (χ1v) is 8.11. The third-order valence-corrected chi connectivity index (χ3v) is 5.70. The fourth-order valence-corrected chi connectivity index (χ4v) is 4.44. The van der Waals surface area contributed by atoms with Gasteiger partial charge in [-0.25, -0.2) is 8.42 Å². The van der Waals surface area contributed by atoms with Crippen LogP contribution in [0.25, 0.3) is 10.9 Å². The van der Waals surface area contributed by atoms with Crippen LogP contribution in [0, 0.1) is 0 Å². The number of rotatable bonds is 2. The van der Waals surface area contributed by atoms with E-state index in [-0.39, 0.29) is 6.04 Å². The zero-order chi connectivity index (χ0) is 14.2. The van der Waals surface area contributed by atoms with Crippen LogP contribution in [0.2, 0.25) is 0 Å². The lowest BCUT2D eigenvalue weighted by molar-refractivity contribution is 0.284. The van der Waals surface area contributed by atoms with Crippen molar-refractivity contribution in [3.63, 3.8) is 0 Å². The standard InChI is InChI=1S/C14H17N3O2S/c1-11-10-15-8-9-17(11)20(18,19)14-6-2-5-13-12(14)4-3-7-16-13/h2-7,11,15H,8-10H2,1H3/t11-/m1/s1. The summed E-state index contributed by atoms with van der Waals surface area (Å²) in [5.41, 5.74) is 0.705. The van der Waals surface area contributed by atoms with Crippen LogP contribution >= 0.6 is 0 Å². The maximum Gasteiger partial charge on any atom is 0.244 e. The molecule has 3 rings (SSSR count). The molecule has 106 valence electrons. The number of sulfonamides is 1. The highest BCUT2D eigenvalue weighted by Crippen LogP contribution is 2.26. The summed E-state index contributed by atoms with van der Waals surface area (Å²) in [7, 11) is -3.48. The number of pyridine rings is 1. The van der Waals surface area contributed by atoms with Crippen LogP contribution in [-0.2, 0) is 10.0 Å². The number of benzene rings is 1. The van der Waals surface area contributed by atoms with E-state index in [0.29, 0.717) is 35.4 Å². The zero-order valence-electron chi connectivity index (χ0n) is 11.3. The van der Waals surface area contributed by atoms with Gasteiger partial charge in [-0.1, -0.05) is 6.07 Å². The molecule has 0 spiro atoms. The third-order valence-electron chi connectivity index (χ3n) is 3.63. The predicted octanol–water partition coefficient (Wildman–Crippen LogP) is 1.22. The van der Waals surface area contributed by atoms with Gasteiger partial charge < -0.3 is 5.32 Å². The maximum atomic E-state index is 12.9. The van der Waals surface area contributed by atoms with Crippen molar-refractivity contribution in [1.29, 1.82) is 0 Å². The minimum atomic E-state index is -3.48. The normalized spacial score (nSPS) is 21.1. The number of hydrogen-bond acceptors (Lipinski definition) is 4. The zero-order valence-corrected chi connectivity index (χ0v) is 12.1. The topological polar surface area (TPSA) is 62.3 Å². The second-order valence-electron chi connectivity index (χ2n) is 5.00. The minimum absolute atomic E-state index is 0.0410. The van der Waals surface area contributed by atoms with Crippen LogP contribution in [0.1, 0.15) is 6.92 Å². The molecular formula is C14H17N3O2S. The van der Waals surface area contributed by atoms with E-state index in [9.17, 15) is 8.42 Å². The highest BCUT2D eigenvalue weighted by molar-refractivity contribution is 7.89. The monoisotopic (exact) mass is 291 g/mol. The summed E-state index contributed by atoms with van der Waals surface area (Å²) >= 11 is 0. The second kappa shape index (κ2) is 5.12. The Labute approximate surface area is 118 Å². The van der Waals surface area contributed by atoms with Gasteiger partial charge in [-0.2, -0.15) is 4.31 Å². The van der Waals surface area contributed by atoms with Crippen molar-refractivity contribution < 1.29 is 8.42 Å². The summed E-state index contributed by atoms with van der Waals surface area (Å²) < 4.78 is 27.3. The lowest BCUT2D eigenvalue weighted by Crippen LogP contribution is -2.52. The largest absolute Gasteiger partial charge is 0.314 e. The van der Waals surface area contributed by atoms with E-state index in [1.807, 2.05) is 19.1 Å². The van der Waals surface area contributed by atoms with E-state index in [1.54, 1.807) is 28.7 Å². The fourth-order valence-electron chi connectivity index (χ4n) is 2.61. The molecule has 1 aliphatic rings. The molecule has 2 aromatic rings. The summed E-state index contributed by atoms with van der Waals surface area (Å²) in [6.45, 7) is 3.79. The maximum absolute atomic E-state index is 12.9. The molecule has 1 atom stereocenters. The predicted molar refractivity (Wildman–Crippen MR) is 78.0 cm³/mol. The summed E-state index contributed by atoms with van der Waals surface area (Å²) in [4.78, 5) is 4.57. The average molecular weight is 291 g/mol. The van der Waals surface area contributed by atoms with Gasteiger partial charge in [0.2, 0.25) is 10.0 Å². The molecule has 1 fully saturated rings. The molecule has 1 aliphatic heterocycles. The average Bonchev–Trinajstić information content (AvgIpc) is 2.47. The molecule has 0 bridgehead atoms. The van der Waals surface area contributed by atoms with Gasteiger partial charge in [0, 0.05) is 37.3 Å². The highest BCUT2D eigenvalue weighted by Gasteiger charge is 2.31. The van der Waals surface area contributed by atoms with Crippen molar-refractivity contribution in [2.45, 2.75) is 17.9 Å². The second-order valence-corrected chi connectivity index (χ2v) is 6.85. The molecule has 0 unspecified atom stereocenters. The van der Waals surface area contributed by atoms with Crippen LogP contribution < -0.4 is 5.32 Å². The van der Waals surface area contributed by atoms with Gasteiger partial charge in [-0.05, 0) is 31.2 Å². The van der Waals surface area contributed by atoms with Crippen LogP contribution in [0.5, 0.6) is 0 Å². The van der Waals surface area contributed by atoms with Gasteiger partial charge in [-0.15, -0.1) is 0 Å². The number of nitrogens with zero attached hydrogens (tertiary/aromatic N) is 2. The van der Waals surface area contributed by atoms with Gasteiger partial charge in [0.05, 0.1) is 10.4 Å². The van der Waals surface area contributed by atoms with Gasteiger partial charge in [0.15, 0.2) is 0 Å². The Morgan fingerprint density at radius 3 is 2.95 bits per heavy atom. The molecule has 1 saturated heterocycles. The van der Waals surface area contributed by atoms with Crippen LogP contribution in [-0.4, -0.2) is 43.4 Å². The Bertz CT molecular complexity index is 725.